The molecule has 0 bridgehead atoms. The molecule has 8 nitrogen and oxygen atoms in total. The van der Waals surface area contributed by atoms with E-state index in [9.17, 15) is 20.2 Å². The van der Waals surface area contributed by atoms with E-state index >= 15 is 0 Å². The van der Waals surface area contributed by atoms with Crippen molar-refractivity contribution in [3.8, 4) is 0 Å². The van der Waals surface area contributed by atoms with Gasteiger partial charge in [-0.25, -0.2) is 10.1 Å². The summed E-state index contributed by atoms with van der Waals surface area (Å²) in [5.74, 6) is 1.01. The van der Waals surface area contributed by atoms with E-state index in [1.807, 2.05) is 32.0 Å². The fraction of sp³-hybridized carbons (Fsp3) is 0.552. The van der Waals surface area contributed by atoms with Crippen LogP contribution in [-0.2, 0) is 25.7 Å². The zero-order valence-electron chi connectivity index (χ0n) is 23.4. The highest BCUT2D eigenvalue weighted by Crippen LogP contribution is 2.36. The van der Waals surface area contributed by atoms with Crippen molar-refractivity contribution in [3.63, 3.8) is 0 Å². The van der Waals surface area contributed by atoms with Crippen molar-refractivity contribution in [1.82, 2.24) is 0 Å². The van der Waals surface area contributed by atoms with E-state index in [-0.39, 0.29) is 17.5 Å². The number of rotatable bonds is 12. The van der Waals surface area contributed by atoms with E-state index in [0.717, 1.165) is 21.4 Å². The summed E-state index contributed by atoms with van der Waals surface area (Å²) in [5.41, 5.74) is 3.91. The first-order chi connectivity index (χ1) is 17.3. The lowest BCUT2D eigenvalue weighted by Crippen LogP contribution is -2.17. The van der Waals surface area contributed by atoms with Crippen molar-refractivity contribution in [3.05, 3.63) is 72.8 Å². The molecule has 8 heteroatoms. The Labute approximate surface area is 220 Å². The van der Waals surface area contributed by atoms with Gasteiger partial charge in [-0.3, -0.25) is 10.1 Å². The van der Waals surface area contributed by atoms with Crippen LogP contribution >= 0.6 is 0 Å². The third-order valence-electron chi connectivity index (χ3n) is 5.87. The Kier molecular flexibility index (Phi) is 10.7. The monoisotopic (exact) mass is 509 g/mol. The van der Waals surface area contributed by atoms with Crippen LogP contribution in [-0.4, -0.2) is 20.6 Å². The van der Waals surface area contributed by atoms with E-state index < -0.39 is 9.96 Å². The number of nitro benzene ring substituents is 1. The van der Waals surface area contributed by atoms with Gasteiger partial charge in [-0.1, -0.05) is 73.6 Å². The predicted molar refractivity (Wildman–Crippen MR) is 148 cm³/mol. The van der Waals surface area contributed by atoms with Crippen molar-refractivity contribution in [2.45, 2.75) is 81.1 Å². The Morgan fingerprint density at radius 2 is 1.22 bits per heavy atom. The zero-order valence-corrected chi connectivity index (χ0v) is 23.4. The van der Waals surface area contributed by atoms with Crippen molar-refractivity contribution in [2.24, 2.45) is 28.7 Å². The number of para-hydroxylation sites is 1. The smallest absolute Gasteiger partial charge is 0.258 e. The van der Waals surface area contributed by atoms with Gasteiger partial charge in [0.1, 0.15) is 4.68 Å². The lowest BCUT2D eigenvalue weighted by molar-refractivity contribution is -1.06. The first-order valence-electron chi connectivity index (χ1n) is 13.1. The quantitative estimate of drug-likeness (QED) is 0.126. The average molecular weight is 510 g/mol. The molecule has 0 saturated carbocycles. The predicted octanol–water partition coefficient (Wildman–Crippen LogP) is 7.73. The van der Waals surface area contributed by atoms with Crippen molar-refractivity contribution in [1.29, 1.82) is 0 Å². The number of nitro groups is 2. The normalized spacial score (nSPS) is 11.4. The highest BCUT2D eigenvalue weighted by molar-refractivity contribution is 5.66. The van der Waals surface area contributed by atoms with Gasteiger partial charge in [0.15, 0.2) is 5.69 Å². The van der Waals surface area contributed by atoms with Crippen molar-refractivity contribution in [2.75, 3.05) is 0 Å². The van der Waals surface area contributed by atoms with Crippen LogP contribution in [0.15, 0.2) is 35.3 Å². The van der Waals surface area contributed by atoms with E-state index in [4.69, 9.17) is 0 Å². The van der Waals surface area contributed by atoms with Crippen LogP contribution in [0, 0.1) is 43.9 Å². The Balaban J connectivity index is 2.95. The number of nitrogens with zero attached hydrogens (tertiary/aromatic N) is 4. The zero-order chi connectivity index (χ0) is 27.9. The lowest BCUT2D eigenvalue weighted by atomic mass is 9.93. The Bertz CT molecular complexity index is 1160. The molecule has 0 aliphatic carbocycles. The molecule has 0 amide bonds. The lowest BCUT2D eigenvalue weighted by Gasteiger charge is -2.12. The van der Waals surface area contributed by atoms with Gasteiger partial charge in [-0.2, -0.15) is 0 Å². The van der Waals surface area contributed by atoms with Gasteiger partial charge in [0.2, 0.25) is 5.69 Å². The largest absolute Gasteiger partial charge is 0.390 e. The second-order valence-electron chi connectivity index (χ2n) is 11.4. The third kappa shape index (κ3) is 8.32. The molecule has 0 aliphatic rings. The van der Waals surface area contributed by atoms with Gasteiger partial charge in [-0.05, 0) is 55.4 Å². The highest BCUT2D eigenvalue weighted by Gasteiger charge is 2.29. The molecule has 0 radical (unpaired) electrons. The summed E-state index contributed by atoms with van der Waals surface area (Å²) < 4.78 is 0.882. The van der Waals surface area contributed by atoms with Crippen molar-refractivity contribution >= 4 is 23.1 Å². The first kappa shape index (κ1) is 29.8. The van der Waals surface area contributed by atoms with Gasteiger partial charge in [-0.15, -0.1) is 0 Å². The maximum Gasteiger partial charge on any atom is 0.390 e. The standard InChI is InChI=1S/C29H41N4O4/c1-19(2)14-23-12-13-27(32(34)35)26(17-22(7)8)28(23)30-18-31(33(36)37)29-24(15-20(3)4)10-9-11-25(29)16-21(5)6/h9-13,19-22H,14-17H2,1-8H3/q+1. The molecule has 2 aromatic rings. The van der Waals surface area contributed by atoms with E-state index in [1.165, 1.54) is 6.07 Å². The molecule has 0 fully saturated rings. The molecular formula is C29H41N4O4+. The van der Waals surface area contributed by atoms with Crippen LogP contribution in [0.3, 0.4) is 0 Å². The van der Waals surface area contributed by atoms with Crippen LogP contribution in [0.4, 0.5) is 17.1 Å². The fourth-order valence-corrected chi connectivity index (χ4v) is 4.59. The first-order valence-corrected chi connectivity index (χ1v) is 13.1. The summed E-state index contributed by atoms with van der Waals surface area (Å²) in [7, 11) is 0. The summed E-state index contributed by atoms with van der Waals surface area (Å²) in [6.07, 6.45) is 2.41. The molecule has 0 aliphatic heterocycles. The summed E-state index contributed by atoms with van der Waals surface area (Å²) in [4.78, 5) is 28.4. The Morgan fingerprint density at radius 3 is 1.65 bits per heavy atom. The van der Waals surface area contributed by atoms with Crippen LogP contribution in [0.1, 0.15) is 77.6 Å². The number of hydrogen-bond donors (Lipinski definition) is 0. The van der Waals surface area contributed by atoms with E-state index in [1.54, 1.807) is 6.07 Å². The highest BCUT2D eigenvalue weighted by atomic mass is 16.7. The maximum absolute atomic E-state index is 12.4. The molecule has 0 spiro atoms. The molecule has 0 heterocycles. The van der Waals surface area contributed by atoms with Gasteiger partial charge in [0.05, 0.1) is 10.5 Å². The number of hydrogen-bond acceptors (Lipinski definition) is 5. The third-order valence-corrected chi connectivity index (χ3v) is 5.87. The molecule has 0 unspecified atom stereocenters. The van der Waals surface area contributed by atoms with Gasteiger partial charge in [0, 0.05) is 27.7 Å². The van der Waals surface area contributed by atoms with Gasteiger partial charge in [0.25, 0.3) is 10.7 Å². The minimum Gasteiger partial charge on any atom is -0.258 e. The SMILES string of the molecule is CC(C)Cc1ccc([N+](=O)[O-])c(CC(C)C)c1N=C=[N+](c1c(CC(C)C)cccc1CC(C)C)[N+](=O)[O-]. The summed E-state index contributed by atoms with van der Waals surface area (Å²) >= 11 is 0. The van der Waals surface area contributed by atoms with E-state index in [2.05, 4.69) is 52.5 Å². The molecule has 0 atom stereocenters. The molecule has 0 N–H and O–H groups in total. The Hall–Kier alpha value is -3.38. The molecule has 0 aromatic heterocycles. The van der Waals surface area contributed by atoms with E-state index in [0.29, 0.717) is 54.5 Å². The number of hydrazone groups is 1. The van der Waals surface area contributed by atoms with Gasteiger partial charge >= 0.3 is 6.01 Å². The molecule has 2 aromatic carbocycles. The summed E-state index contributed by atoms with van der Waals surface area (Å²) in [6.45, 7) is 16.4. The Morgan fingerprint density at radius 1 is 0.730 bits per heavy atom. The summed E-state index contributed by atoms with van der Waals surface area (Å²) in [6, 6.07) is 11.7. The molecule has 200 valence electrons. The maximum atomic E-state index is 12.4. The topological polar surface area (TPSA) is 102 Å². The van der Waals surface area contributed by atoms with Gasteiger partial charge < -0.3 is 0 Å². The number of benzene rings is 2. The number of hydrazine groups is 1. The second kappa shape index (κ2) is 13.2. The molecular weight excluding hydrogens is 468 g/mol. The minimum absolute atomic E-state index is 0.0184. The van der Waals surface area contributed by atoms with Crippen LogP contribution in [0.2, 0.25) is 0 Å². The second-order valence-corrected chi connectivity index (χ2v) is 11.4. The van der Waals surface area contributed by atoms with Crippen molar-refractivity contribution < 1.29 is 14.6 Å². The number of aliphatic imine (C=N–C) groups is 1. The molecule has 0 saturated heterocycles. The average Bonchev–Trinajstić information content (AvgIpc) is 2.74. The molecule has 37 heavy (non-hydrogen) atoms. The van der Waals surface area contributed by atoms with Crippen LogP contribution < -0.4 is 0 Å². The minimum atomic E-state index is -0.506. The molecule has 2 rings (SSSR count). The van der Waals surface area contributed by atoms with Crippen LogP contribution in [0.25, 0.3) is 0 Å². The summed E-state index contributed by atoms with van der Waals surface area (Å²) in [5, 5.41) is 23.8. The fourth-order valence-electron chi connectivity index (χ4n) is 4.59. The van der Waals surface area contributed by atoms with Crippen LogP contribution in [0.5, 0.6) is 0 Å².